The molecule has 2 aromatic heterocycles. The van der Waals surface area contributed by atoms with Crippen LogP contribution in [-0.4, -0.2) is 21.4 Å². The predicted molar refractivity (Wildman–Crippen MR) is 414 cm³/mol. The molecular formula is C92H64Cl2N4. The zero-order valence-corrected chi connectivity index (χ0v) is 55.0. The molecule has 0 radical (unpaired) electrons. The molecule has 12 aromatic carbocycles. The molecule has 2 aliphatic heterocycles. The number of fused-ring (bicyclic) bond motifs is 10. The van der Waals surface area contributed by atoms with E-state index in [2.05, 4.69) is 374 Å². The first-order valence-electron chi connectivity index (χ1n) is 32.8. The molecule has 0 saturated carbocycles. The lowest BCUT2D eigenvalue weighted by molar-refractivity contribution is 1.25. The van der Waals surface area contributed by atoms with Gasteiger partial charge in [-0.3, -0.25) is 0 Å². The fraction of sp³-hybridized carbons (Fsp3) is 0. The lowest BCUT2D eigenvalue weighted by Crippen LogP contribution is -2.23. The largest absolute Gasteiger partial charge is 0.353 e. The molecule has 0 unspecified atom stereocenters. The van der Waals surface area contributed by atoms with Crippen LogP contribution in [0.25, 0.3) is 89.1 Å². The quantitative estimate of drug-likeness (QED) is 0.122. The third kappa shape index (κ3) is 11.1. The van der Waals surface area contributed by atoms with Gasteiger partial charge in [-0.05, 0) is 66.8 Å². The minimum absolute atomic E-state index is 0. The second-order valence-electron chi connectivity index (χ2n) is 24.3. The van der Waals surface area contributed by atoms with E-state index in [4.69, 9.17) is 9.98 Å². The first-order valence-corrected chi connectivity index (χ1v) is 32.8. The summed E-state index contributed by atoms with van der Waals surface area (Å²) in [6, 6.07) is 131. The average Bonchev–Trinajstić information content (AvgIpc) is 1.55. The summed E-state index contributed by atoms with van der Waals surface area (Å²) in [7, 11) is 0. The summed E-state index contributed by atoms with van der Waals surface area (Å²) in [4.78, 5) is 21.9. The van der Waals surface area contributed by atoms with Crippen molar-refractivity contribution in [2.45, 2.75) is 0 Å². The number of benzene rings is 12. The second-order valence-corrected chi connectivity index (χ2v) is 24.3. The van der Waals surface area contributed by atoms with Crippen LogP contribution in [0.4, 0.5) is 0 Å². The molecule has 3 aliphatic rings. The van der Waals surface area contributed by atoms with Gasteiger partial charge in [0.25, 0.3) is 0 Å². The Hall–Kier alpha value is -12.2. The van der Waals surface area contributed by atoms with Crippen LogP contribution in [0.15, 0.2) is 385 Å². The summed E-state index contributed by atoms with van der Waals surface area (Å²) in [6.07, 6.45) is 0. The molecule has 4 nitrogen and oxygen atoms in total. The molecule has 0 atom stereocenters. The van der Waals surface area contributed by atoms with Crippen molar-refractivity contribution in [3.05, 3.63) is 442 Å². The highest BCUT2D eigenvalue weighted by atomic mass is 35.5. The Balaban J connectivity index is 0.00000392. The van der Waals surface area contributed by atoms with E-state index in [0.717, 1.165) is 179 Å². The number of hydrogen-bond acceptors (Lipinski definition) is 2. The Kier molecular flexibility index (Phi) is 17.2. The molecular weight excluding hydrogens is 1230 g/mol. The molecule has 6 heteroatoms. The SMILES string of the molecule is Cl.Cl.c1ccc(C2=C(c3ccccc3)C3=C(c4ccccc4)c4[nH]c(c(-c5ccccc5)c4-c4ccccc4)C(c4ccccc4)=C4N=C(C(c5ccccc5)=C4c4ccccc4)C(c4ccccc4)=c4[nH]c(c(-c5ccccc5)c4-c4ccccc4)=C(c4ccccc4)C2=N3)cc1. The Labute approximate surface area is 583 Å². The Morgan fingerprint density at radius 1 is 0.163 bits per heavy atom. The van der Waals surface area contributed by atoms with Crippen LogP contribution in [-0.2, 0) is 0 Å². The smallest absolute Gasteiger partial charge is 0.0822 e. The van der Waals surface area contributed by atoms with Gasteiger partial charge in [0, 0.05) is 66.8 Å². The first kappa shape index (κ1) is 62.0. The molecule has 17 rings (SSSR count). The van der Waals surface area contributed by atoms with Crippen LogP contribution in [0.3, 0.4) is 0 Å². The number of H-pyrrole nitrogens is 2. The van der Waals surface area contributed by atoms with Gasteiger partial charge < -0.3 is 9.97 Å². The fourth-order valence-electron chi connectivity index (χ4n) is 14.5. The zero-order chi connectivity index (χ0) is 63.7. The van der Waals surface area contributed by atoms with Crippen LogP contribution in [0.5, 0.6) is 0 Å². The first-order chi connectivity index (χ1) is 47.7. The normalized spacial score (nSPS) is 13.5. The molecule has 8 bridgehead atoms. The summed E-state index contributed by atoms with van der Waals surface area (Å²) in [6.45, 7) is 0. The molecule has 2 N–H and O–H groups in total. The van der Waals surface area contributed by atoms with Gasteiger partial charge in [0.1, 0.15) is 0 Å². The maximum Gasteiger partial charge on any atom is 0.0822 e. The summed E-state index contributed by atoms with van der Waals surface area (Å²) in [5.74, 6) is 0. The lowest BCUT2D eigenvalue weighted by atomic mass is 9.83. The molecule has 0 saturated heterocycles. The highest BCUT2D eigenvalue weighted by molar-refractivity contribution is 6.53. The van der Waals surface area contributed by atoms with Crippen molar-refractivity contribution >= 4 is 80.8 Å². The van der Waals surface area contributed by atoms with Gasteiger partial charge in [-0.1, -0.05) is 364 Å². The summed E-state index contributed by atoms with van der Waals surface area (Å²) < 4.78 is 0. The van der Waals surface area contributed by atoms with Crippen LogP contribution in [0.1, 0.15) is 55.9 Å². The van der Waals surface area contributed by atoms with Gasteiger partial charge >= 0.3 is 0 Å². The number of allylic oxidation sites excluding steroid dienone is 4. The molecule has 0 amide bonds. The van der Waals surface area contributed by atoms with Crippen LogP contribution in [0, 0.1) is 0 Å². The highest BCUT2D eigenvalue weighted by Crippen LogP contribution is 2.54. The van der Waals surface area contributed by atoms with Crippen molar-refractivity contribution in [3.63, 3.8) is 0 Å². The number of halogens is 2. The molecule has 466 valence electrons. The Bertz CT molecular complexity index is 5220. The van der Waals surface area contributed by atoms with Gasteiger partial charge in [-0.2, -0.15) is 0 Å². The summed E-state index contributed by atoms with van der Waals surface area (Å²) in [5.41, 5.74) is 29.3. The molecule has 0 fully saturated rings. The van der Waals surface area contributed by atoms with Crippen LogP contribution in [0.2, 0.25) is 0 Å². The van der Waals surface area contributed by atoms with Gasteiger partial charge in [0.2, 0.25) is 0 Å². The van der Waals surface area contributed by atoms with Gasteiger partial charge in [-0.25, -0.2) is 9.98 Å². The maximum atomic E-state index is 6.48. The molecule has 0 spiro atoms. The van der Waals surface area contributed by atoms with E-state index in [0.29, 0.717) is 0 Å². The average molecular weight is 1300 g/mol. The molecule has 1 aliphatic carbocycles. The topological polar surface area (TPSA) is 56.3 Å². The molecule has 14 aromatic rings. The molecule has 4 heterocycles. The van der Waals surface area contributed by atoms with Gasteiger partial charge in [-0.15, -0.1) is 24.8 Å². The Morgan fingerprint density at radius 3 is 0.582 bits per heavy atom. The van der Waals surface area contributed by atoms with E-state index in [1.54, 1.807) is 0 Å². The number of rotatable bonds is 12. The molecule has 98 heavy (non-hydrogen) atoms. The number of hydrogen-bond donors (Lipinski definition) is 2. The van der Waals surface area contributed by atoms with Crippen LogP contribution < -0.4 is 10.7 Å². The predicted octanol–water partition coefficient (Wildman–Crippen LogP) is 21.6. The number of aliphatic imine (C=N–C) groups is 2. The minimum Gasteiger partial charge on any atom is -0.353 e. The number of aromatic nitrogens is 2. The van der Waals surface area contributed by atoms with E-state index in [9.17, 15) is 0 Å². The fourth-order valence-corrected chi connectivity index (χ4v) is 14.5. The van der Waals surface area contributed by atoms with E-state index < -0.39 is 0 Å². The Morgan fingerprint density at radius 2 is 0.347 bits per heavy atom. The van der Waals surface area contributed by atoms with E-state index in [-0.39, 0.29) is 24.8 Å². The highest BCUT2D eigenvalue weighted by Gasteiger charge is 2.39. The summed E-state index contributed by atoms with van der Waals surface area (Å²) in [5, 5.41) is 1.82. The van der Waals surface area contributed by atoms with E-state index in [1.807, 2.05) is 0 Å². The van der Waals surface area contributed by atoms with Crippen LogP contribution >= 0.6 is 24.8 Å². The maximum absolute atomic E-state index is 6.48. The standard InChI is InChI=1S/C92H62N4.2ClH/c1-13-37-61(38-14-1)73-74(62-39-15-2-16-40-62)86-82(70-55-31-10-32-56-70)88-77(65-45-21-5-22-46-65)78(66-47-23-6-24-48-66)90(95-88)84(72-59-35-12-36-60-72)92-80(68-51-27-8-28-52-68)79(67-49-25-7-26-50-67)91(96-92)83(71-57-33-11-34-58-71)89-76(64-43-19-4-20-44-64)75(63-41-17-3-18-42-63)87(94-89)81(85(73)93-86)69-53-29-9-30-54-69;;/h1-60,93,96H;2*1H. The van der Waals surface area contributed by atoms with Crippen molar-refractivity contribution < 1.29 is 0 Å². The monoisotopic (exact) mass is 1290 g/mol. The van der Waals surface area contributed by atoms with Crippen molar-refractivity contribution in [3.8, 4) is 44.5 Å². The summed E-state index contributed by atoms with van der Waals surface area (Å²) >= 11 is 0. The third-order valence-corrected chi connectivity index (χ3v) is 18.6. The van der Waals surface area contributed by atoms with Crippen molar-refractivity contribution in [2.75, 3.05) is 0 Å². The zero-order valence-electron chi connectivity index (χ0n) is 53.4. The third-order valence-electron chi connectivity index (χ3n) is 18.6. The van der Waals surface area contributed by atoms with Gasteiger partial charge in [0.05, 0.1) is 44.9 Å². The van der Waals surface area contributed by atoms with Gasteiger partial charge in [0.15, 0.2) is 0 Å². The minimum atomic E-state index is 0. The van der Waals surface area contributed by atoms with E-state index >= 15 is 0 Å². The van der Waals surface area contributed by atoms with Crippen molar-refractivity contribution in [1.82, 2.24) is 9.97 Å². The number of nitrogens with one attached hydrogen (secondary N) is 2. The second kappa shape index (κ2) is 27.3. The van der Waals surface area contributed by atoms with Crippen molar-refractivity contribution in [1.29, 1.82) is 0 Å². The number of nitrogens with zero attached hydrogens (tertiary/aromatic N) is 2. The lowest BCUT2D eigenvalue weighted by Gasteiger charge is -2.17. The van der Waals surface area contributed by atoms with E-state index in [1.165, 1.54) is 0 Å². The van der Waals surface area contributed by atoms with Crippen molar-refractivity contribution in [2.24, 2.45) is 9.98 Å². The number of aromatic amines is 2.